The Labute approximate surface area is 154 Å². The molecule has 1 amide bonds. The van der Waals surface area contributed by atoms with E-state index in [9.17, 15) is 18.0 Å². The molecule has 1 N–H and O–H groups in total. The number of carbonyl (C=O) groups excluding carboxylic acids is 1. The molecule has 2 rings (SSSR count). The highest BCUT2D eigenvalue weighted by Crippen LogP contribution is 2.19. The van der Waals surface area contributed by atoms with Crippen LogP contribution in [0.2, 0.25) is 0 Å². The predicted octanol–water partition coefficient (Wildman–Crippen LogP) is 3.96. The van der Waals surface area contributed by atoms with Crippen LogP contribution in [0, 0.1) is 0 Å². The molecular weight excluding hydrogens is 365 g/mol. The zero-order chi connectivity index (χ0) is 19.0. The van der Waals surface area contributed by atoms with Gasteiger partial charge in [0.05, 0.1) is 5.25 Å². The second-order valence-electron chi connectivity index (χ2n) is 5.56. The number of alkyl halides is 3. The lowest BCUT2D eigenvalue weighted by Crippen LogP contribution is -2.30. The topological polar surface area (TPSA) is 51.2 Å². The van der Waals surface area contributed by atoms with Crippen molar-refractivity contribution in [2.75, 3.05) is 6.61 Å². The number of pyridine rings is 1. The molecule has 0 bridgehead atoms. The minimum Gasteiger partial charge on any atom is -0.468 e. The molecule has 0 saturated heterocycles. The van der Waals surface area contributed by atoms with Crippen LogP contribution in [-0.4, -0.2) is 28.9 Å². The lowest BCUT2D eigenvalue weighted by molar-refractivity contribution is -0.154. The number of nitrogens with one attached hydrogen (secondary N) is 1. The molecule has 0 aliphatic heterocycles. The Hall–Kier alpha value is -2.22. The van der Waals surface area contributed by atoms with Crippen molar-refractivity contribution in [2.45, 2.75) is 30.6 Å². The average Bonchev–Trinajstić information content (AvgIpc) is 2.63. The number of benzene rings is 1. The van der Waals surface area contributed by atoms with Gasteiger partial charge in [-0.1, -0.05) is 30.3 Å². The van der Waals surface area contributed by atoms with E-state index >= 15 is 0 Å². The summed E-state index contributed by atoms with van der Waals surface area (Å²) in [6.45, 7) is 0.607. The summed E-state index contributed by atoms with van der Waals surface area (Å²) in [7, 11) is 0. The molecule has 4 nitrogen and oxygen atoms in total. The van der Waals surface area contributed by atoms with E-state index in [4.69, 9.17) is 0 Å². The molecule has 26 heavy (non-hydrogen) atoms. The van der Waals surface area contributed by atoms with Gasteiger partial charge in [0.25, 0.3) is 0 Å². The zero-order valence-electron chi connectivity index (χ0n) is 14.1. The molecular formula is C18H19F3N2O2S. The minimum atomic E-state index is -4.42. The third-order valence-corrected chi connectivity index (χ3v) is 4.58. The fourth-order valence-corrected chi connectivity index (χ4v) is 2.87. The second-order valence-corrected chi connectivity index (χ2v) is 6.89. The van der Waals surface area contributed by atoms with E-state index in [1.54, 1.807) is 6.07 Å². The normalized spacial score (nSPS) is 12.5. The van der Waals surface area contributed by atoms with Gasteiger partial charge in [-0.25, -0.2) is 4.98 Å². The van der Waals surface area contributed by atoms with E-state index in [2.05, 4.69) is 15.0 Å². The summed E-state index contributed by atoms with van der Waals surface area (Å²) in [5, 5.41) is 2.52. The molecule has 1 atom stereocenters. The summed E-state index contributed by atoms with van der Waals surface area (Å²) in [5.74, 6) is 0.459. The molecule has 0 aliphatic carbocycles. The SMILES string of the molecule is C[C@@H](SCc1ccccc1)C(=O)NCc1ccnc(OCC(F)(F)F)c1. The molecule has 0 aliphatic rings. The van der Waals surface area contributed by atoms with Crippen molar-refractivity contribution in [1.29, 1.82) is 0 Å². The summed E-state index contributed by atoms with van der Waals surface area (Å²) < 4.78 is 41.1. The quantitative estimate of drug-likeness (QED) is 0.749. The first-order valence-electron chi connectivity index (χ1n) is 7.91. The van der Waals surface area contributed by atoms with Gasteiger partial charge < -0.3 is 10.1 Å². The van der Waals surface area contributed by atoms with Crippen molar-refractivity contribution in [3.63, 3.8) is 0 Å². The van der Waals surface area contributed by atoms with Gasteiger partial charge in [-0.05, 0) is 24.1 Å². The molecule has 0 saturated carbocycles. The van der Waals surface area contributed by atoms with Crippen LogP contribution < -0.4 is 10.1 Å². The molecule has 8 heteroatoms. The van der Waals surface area contributed by atoms with Gasteiger partial charge in [-0.2, -0.15) is 13.2 Å². The van der Waals surface area contributed by atoms with Crippen LogP contribution >= 0.6 is 11.8 Å². The van der Waals surface area contributed by atoms with Crippen LogP contribution in [0.1, 0.15) is 18.1 Å². The number of carbonyl (C=O) groups is 1. The fourth-order valence-electron chi connectivity index (χ4n) is 2.00. The molecule has 1 aromatic carbocycles. The van der Waals surface area contributed by atoms with Crippen molar-refractivity contribution in [3.8, 4) is 5.88 Å². The Morgan fingerprint density at radius 2 is 1.96 bits per heavy atom. The highest BCUT2D eigenvalue weighted by molar-refractivity contribution is 7.99. The smallest absolute Gasteiger partial charge is 0.422 e. The molecule has 1 heterocycles. The Morgan fingerprint density at radius 1 is 1.23 bits per heavy atom. The number of thioether (sulfide) groups is 1. The van der Waals surface area contributed by atoms with E-state index in [1.165, 1.54) is 24.0 Å². The first-order chi connectivity index (χ1) is 12.3. The van der Waals surface area contributed by atoms with Crippen LogP contribution in [0.3, 0.4) is 0 Å². The summed E-state index contributed by atoms with van der Waals surface area (Å²) in [5.41, 5.74) is 1.75. The van der Waals surface area contributed by atoms with Gasteiger partial charge in [-0.3, -0.25) is 4.79 Å². The summed E-state index contributed by atoms with van der Waals surface area (Å²) in [6, 6.07) is 12.8. The minimum absolute atomic E-state index is 0.124. The Kier molecular flexibility index (Phi) is 7.32. The van der Waals surface area contributed by atoms with Crippen molar-refractivity contribution in [3.05, 3.63) is 59.8 Å². The van der Waals surface area contributed by atoms with Crippen molar-refractivity contribution in [2.24, 2.45) is 0 Å². The lowest BCUT2D eigenvalue weighted by Gasteiger charge is -2.13. The maximum absolute atomic E-state index is 12.2. The van der Waals surface area contributed by atoms with E-state index in [-0.39, 0.29) is 23.6 Å². The highest BCUT2D eigenvalue weighted by Gasteiger charge is 2.28. The van der Waals surface area contributed by atoms with Crippen molar-refractivity contribution in [1.82, 2.24) is 10.3 Å². The van der Waals surface area contributed by atoms with Crippen LogP contribution in [0.4, 0.5) is 13.2 Å². The number of hydrogen-bond donors (Lipinski definition) is 1. The molecule has 0 unspecified atom stereocenters. The first kappa shape index (κ1) is 20.1. The number of rotatable bonds is 8. The Bertz CT molecular complexity index is 711. The summed E-state index contributed by atoms with van der Waals surface area (Å²) in [6.07, 6.45) is -3.07. The molecule has 140 valence electrons. The Balaban J connectivity index is 1.79. The maximum Gasteiger partial charge on any atom is 0.422 e. The van der Waals surface area contributed by atoms with Gasteiger partial charge in [0.1, 0.15) is 0 Å². The highest BCUT2D eigenvalue weighted by atomic mass is 32.2. The maximum atomic E-state index is 12.2. The van der Waals surface area contributed by atoms with Crippen LogP contribution in [0.5, 0.6) is 5.88 Å². The summed E-state index contributed by atoms with van der Waals surface area (Å²) >= 11 is 1.51. The van der Waals surface area contributed by atoms with E-state index in [0.717, 1.165) is 11.3 Å². The van der Waals surface area contributed by atoms with Gasteiger partial charge in [0.2, 0.25) is 11.8 Å². The average molecular weight is 384 g/mol. The van der Waals surface area contributed by atoms with E-state index in [0.29, 0.717) is 5.56 Å². The standard InChI is InChI=1S/C18H19F3N2O2S/c1-13(26-11-14-5-3-2-4-6-14)17(24)23-10-15-7-8-22-16(9-15)25-12-18(19,20)21/h2-9,13H,10-12H2,1H3,(H,23,24)/t13-/m1/s1. The van der Waals surface area contributed by atoms with Crippen LogP contribution in [0.25, 0.3) is 0 Å². The van der Waals surface area contributed by atoms with E-state index in [1.807, 2.05) is 37.3 Å². The molecule has 0 fully saturated rings. The molecule has 2 aromatic rings. The number of hydrogen-bond acceptors (Lipinski definition) is 4. The van der Waals surface area contributed by atoms with Crippen LogP contribution in [0.15, 0.2) is 48.7 Å². The van der Waals surface area contributed by atoms with Gasteiger partial charge in [0, 0.05) is 24.6 Å². The first-order valence-corrected chi connectivity index (χ1v) is 8.96. The summed E-state index contributed by atoms with van der Waals surface area (Å²) in [4.78, 5) is 15.9. The third kappa shape index (κ3) is 7.35. The molecule has 0 spiro atoms. The van der Waals surface area contributed by atoms with Crippen molar-refractivity contribution < 1.29 is 22.7 Å². The Morgan fingerprint density at radius 3 is 2.65 bits per heavy atom. The number of ether oxygens (including phenoxy) is 1. The number of amides is 1. The van der Waals surface area contributed by atoms with Gasteiger partial charge >= 0.3 is 6.18 Å². The van der Waals surface area contributed by atoms with Gasteiger partial charge in [-0.15, -0.1) is 11.8 Å². The molecule has 1 aromatic heterocycles. The van der Waals surface area contributed by atoms with Crippen LogP contribution in [-0.2, 0) is 17.1 Å². The molecule has 0 radical (unpaired) electrons. The zero-order valence-corrected chi connectivity index (χ0v) is 14.9. The second kappa shape index (κ2) is 9.47. The number of aromatic nitrogens is 1. The largest absolute Gasteiger partial charge is 0.468 e. The monoisotopic (exact) mass is 384 g/mol. The predicted molar refractivity (Wildman–Crippen MR) is 94.8 cm³/mol. The lowest BCUT2D eigenvalue weighted by atomic mass is 10.2. The van der Waals surface area contributed by atoms with E-state index < -0.39 is 12.8 Å². The van der Waals surface area contributed by atoms with Crippen molar-refractivity contribution >= 4 is 17.7 Å². The number of halogens is 3. The number of nitrogens with zero attached hydrogens (tertiary/aromatic N) is 1. The van der Waals surface area contributed by atoms with Gasteiger partial charge in [0.15, 0.2) is 6.61 Å². The third-order valence-electron chi connectivity index (χ3n) is 3.36. The fraction of sp³-hybridized carbons (Fsp3) is 0.333.